The lowest BCUT2D eigenvalue weighted by molar-refractivity contribution is 0.527. The zero-order chi connectivity index (χ0) is 17.0. The number of aryl methyl sites for hydroxylation is 1. The molecule has 2 aromatic rings. The summed E-state index contributed by atoms with van der Waals surface area (Å²) in [5, 5.41) is -0.244. The van der Waals surface area contributed by atoms with Gasteiger partial charge >= 0.3 is 0 Å². The Hall–Kier alpha value is -2.08. The van der Waals surface area contributed by atoms with Crippen molar-refractivity contribution >= 4 is 21.3 Å². The molecule has 1 aliphatic rings. The van der Waals surface area contributed by atoms with Gasteiger partial charge in [0.05, 0.1) is 22.9 Å². The maximum atomic E-state index is 12.6. The molecule has 5 nitrogen and oxygen atoms in total. The van der Waals surface area contributed by atoms with Crippen molar-refractivity contribution in [2.45, 2.75) is 24.5 Å². The van der Waals surface area contributed by atoms with Crippen molar-refractivity contribution in [3.05, 3.63) is 54.2 Å². The molecular weight excluding hydrogens is 322 g/mol. The fourth-order valence-corrected chi connectivity index (χ4v) is 4.88. The van der Waals surface area contributed by atoms with Gasteiger partial charge in [0.1, 0.15) is 5.82 Å². The van der Waals surface area contributed by atoms with E-state index in [-0.39, 0.29) is 11.0 Å². The first-order valence-corrected chi connectivity index (χ1v) is 9.98. The van der Waals surface area contributed by atoms with Crippen molar-refractivity contribution in [3.8, 4) is 0 Å². The molecule has 1 aliphatic heterocycles. The van der Waals surface area contributed by atoms with Gasteiger partial charge in [0.25, 0.3) is 0 Å². The molecule has 1 aromatic carbocycles. The largest absolute Gasteiger partial charge is 0.397 e. The van der Waals surface area contributed by atoms with Crippen LogP contribution in [-0.2, 0) is 16.3 Å². The highest BCUT2D eigenvalue weighted by atomic mass is 32.2. The van der Waals surface area contributed by atoms with Crippen LogP contribution in [0.4, 0.5) is 11.5 Å². The van der Waals surface area contributed by atoms with Gasteiger partial charge in [0.2, 0.25) is 0 Å². The monoisotopic (exact) mass is 345 g/mol. The van der Waals surface area contributed by atoms with E-state index in [1.54, 1.807) is 6.20 Å². The van der Waals surface area contributed by atoms with Gasteiger partial charge in [-0.05, 0) is 37.0 Å². The summed E-state index contributed by atoms with van der Waals surface area (Å²) in [4.78, 5) is 6.44. The zero-order valence-electron chi connectivity index (χ0n) is 13.6. The summed E-state index contributed by atoms with van der Waals surface area (Å²) in [5.41, 5.74) is 7.37. The number of benzene rings is 1. The fourth-order valence-electron chi connectivity index (χ4n) is 3.10. The molecule has 0 radical (unpaired) electrons. The molecule has 0 unspecified atom stereocenters. The van der Waals surface area contributed by atoms with Crippen LogP contribution in [0.5, 0.6) is 0 Å². The quantitative estimate of drug-likeness (QED) is 0.900. The number of nitrogens with zero attached hydrogens (tertiary/aromatic N) is 2. The number of nitrogens with two attached hydrogens (primary N) is 1. The van der Waals surface area contributed by atoms with Gasteiger partial charge in [-0.15, -0.1) is 0 Å². The lowest BCUT2D eigenvalue weighted by Crippen LogP contribution is -2.40. The van der Waals surface area contributed by atoms with E-state index in [2.05, 4.69) is 9.88 Å². The molecule has 1 fully saturated rings. The van der Waals surface area contributed by atoms with E-state index < -0.39 is 9.84 Å². The normalized spacial score (nSPS) is 16.2. The van der Waals surface area contributed by atoms with Gasteiger partial charge in [-0.25, -0.2) is 13.4 Å². The molecule has 0 bridgehead atoms. The highest BCUT2D eigenvalue weighted by Gasteiger charge is 2.30. The predicted octanol–water partition coefficient (Wildman–Crippen LogP) is 2.29. The molecule has 1 aromatic heterocycles. The molecule has 3 rings (SSSR count). The van der Waals surface area contributed by atoms with Crippen molar-refractivity contribution in [2.24, 2.45) is 0 Å². The first-order valence-electron chi connectivity index (χ1n) is 8.26. The van der Waals surface area contributed by atoms with Crippen LogP contribution >= 0.6 is 0 Å². The second-order valence-corrected chi connectivity index (χ2v) is 8.64. The summed E-state index contributed by atoms with van der Waals surface area (Å²) in [6.07, 6.45) is 3.54. The molecule has 0 atom stereocenters. The summed E-state index contributed by atoms with van der Waals surface area (Å²) in [6.45, 7) is 1.43. The molecule has 128 valence electrons. The van der Waals surface area contributed by atoms with Crippen LogP contribution in [0.3, 0.4) is 0 Å². The number of aromatic nitrogens is 1. The highest BCUT2D eigenvalue weighted by molar-refractivity contribution is 7.92. The van der Waals surface area contributed by atoms with E-state index in [1.165, 1.54) is 0 Å². The molecule has 6 heteroatoms. The minimum atomic E-state index is -3.06. The van der Waals surface area contributed by atoms with E-state index in [1.807, 2.05) is 42.5 Å². The fraction of sp³-hybridized carbons (Fsp3) is 0.389. The molecule has 0 amide bonds. The molecule has 1 saturated heterocycles. The maximum Gasteiger partial charge on any atom is 0.153 e. The highest BCUT2D eigenvalue weighted by Crippen LogP contribution is 2.23. The summed E-state index contributed by atoms with van der Waals surface area (Å²) < 4.78 is 25.2. The van der Waals surface area contributed by atoms with Crippen molar-refractivity contribution in [1.29, 1.82) is 0 Å². The minimum absolute atomic E-state index is 0.224. The number of piperidine rings is 1. The Morgan fingerprint density at radius 1 is 1.08 bits per heavy atom. The Balaban J connectivity index is 1.56. The number of pyridine rings is 1. The summed E-state index contributed by atoms with van der Waals surface area (Å²) in [7, 11) is -3.06. The molecule has 2 N–H and O–H groups in total. The van der Waals surface area contributed by atoms with Crippen LogP contribution in [-0.4, -0.2) is 37.5 Å². The summed E-state index contributed by atoms with van der Waals surface area (Å²) in [5.74, 6) is 1.09. The second kappa shape index (κ2) is 7.21. The number of hydrogen-bond donors (Lipinski definition) is 1. The van der Waals surface area contributed by atoms with Gasteiger partial charge in [-0.1, -0.05) is 30.3 Å². The van der Waals surface area contributed by atoms with Crippen LogP contribution in [0, 0.1) is 0 Å². The lowest BCUT2D eigenvalue weighted by Gasteiger charge is -2.32. The Morgan fingerprint density at radius 3 is 2.42 bits per heavy atom. The Labute approximate surface area is 143 Å². The molecule has 0 saturated carbocycles. The van der Waals surface area contributed by atoms with Crippen molar-refractivity contribution in [2.75, 3.05) is 29.5 Å². The van der Waals surface area contributed by atoms with Crippen LogP contribution in [0.25, 0.3) is 0 Å². The van der Waals surface area contributed by atoms with E-state index in [4.69, 9.17) is 5.73 Å². The number of rotatable bonds is 5. The third-order valence-corrected chi connectivity index (χ3v) is 6.82. The topological polar surface area (TPSA) is 76.3 Å². The van der Waals surface area contributed by atoms with Crippen LogP contribution in [0.1, 0.15) is 18.4 Å². The molecule has 24 heavy (non-hydrogen) atoms. The van der Waals surface area contributed by atoms with Crippen LogP contribution < -0.4 is 10.6 Å². The van der Waals surface area contributed by atoms with Gasteiger partial charge in [-0.3, -0.25) is 0 Å². The third-order valence-electron chi connectivity index (χ3n) is 4.56. The SMILES string of the molecule is Nc1ccc(N2CCC(S(=O)(=O)CCc3ccccc3)CC2)nc1. The second-order valence-electron chi connectivity index (χ2n) is 6.24. The van der Waals surface area contributed by atoms with Crippen molar-refractivity contribution < 1.29 is 8.42 Å². The van der Waals surface area contributed by atoms with E-state index in [0.717, 1.165) is 11.4 Å². The van der Waals surface area contributed by atoms with E-state index in [9.17, 15) is 8.42 Å². The molecule has 0 spiro atoms. The van der Waals surface area contributed by atoms with Crippen LogP contribution in [0.2, 0.25) is 0 Å². The number of anilines is 2. The Kier molecular flexibility index (Phi) is 5.04. The van der Waals surface area contributed by atoms with Gasteiger partial charge < -0.3 is 10.6 Å². The average molecular weight is 345 g/mol. The Bertz CT molecular complexity index is 753. The first-order chi connectivity index (χ1) is 11.5. The predicted molar refractivity (Wildman–Crippen MR) is 97.8 cm³/mol. The molecular formula is C18H23N3O2S. The Morgan fingerprint density at radius 2 is 1.79 bits per heavy atom. The summed E-state index contributed by atoms with van der Waals surface area (Å²) >= 11 is 0. The lowest BCUT2D eigenvalue weighted by atomic mass is 10.1. The van der Waals surface area contributed by atoms with Gasteiger partial charge in [0.15, 0.2) is 9.84 Å². The average Bonchev–Trinajstić information content (AvgIpc) is 2.62. The molecule has 2 heterocycles. The smallest absolute Gasteiger partial charge is 0.153 e. The third kappa shape index (κ3) is 4.06. The standard InChI is InChI=1S/C18H23N3O2S/c19-16-6-7-18(20-14-16)21-11-8-17(9-12-21)24(22,23)13-10-15-4-2-1-3-5-15/h1-7,14,17H,8-13,19H2. The zero-order valence-corrected chi connectivity index (χ0v) is 14.5. The van der Waals surface area contributed by atoms with Crippen molar-refractivity contribution in [1.82, 2.24) is 4.98 Å². The van der Waals surface area contributed by atoms with Gasteiger partial charge in [-0.2, -0.15) is 0 Å². The minimum Gasteiger partial charge on any atom is -0.397 e. The molecule has 0 aliphatic carbocycles. The van der Waals surface area contributed by atoms with E-state index in [0.29, 0.717) is 38.0 Å². The van der Waals surface area contributed by atoms with Gasteiger partial charge in [0, 0.05) is 13.1 Å². The number of nitrogen functional groups attached to an aromatic ring is 1. The summed E-state index contributed by atoms with van der Waals surface area (Å²) in [6, 6.07) is 13.5. The maximum absolute atomic E-state index is 12.6. The van der Waals surface area contributed by atoms with Crippen LogP contribution in [0.15, 0.2) is 48.7 Å². The number of hydrogen-bond acceptors (Lipinski definition) is 5. The van der Waals surface area contributed by atoms with Crippen molar-refractivity contribution in [3.63, 3.8) is 0 Å². The first kappa shape index (κ1) is 16.8. The van der Waals surface area contributed by atoms with E-state index >= 15 is 0 Å². The number of sulfone groups is 1.